The molecule has 0 spiro atoms. The van der Waals surface area contributed by atoms with Crippen molar-refractivity contribution in [3.8, 4) is 0 Å². The highest BCUT2D eigenvalue weighted by Gasteiger charge is 2.22. The van der Waals surface area contributed by atoms with Gasteiger partial charge in [0.15, 0.2) is 0 Å². The standard InChI is InChI=1S/C14H17BrIN3OS/c15-12-2-1-9(16)7-11(12)14(20)18-10-3-5-19(6-4-10)8-13(17)21/h1-2,7,10H,3-6,8H2,(H2,17,21)(H,18,20). The van der Waals surface area contributed by atoms with Gasteiger partial charge in [-0.1, -0.05) is 12.2 Å². The Labute approximate surface area is 152 Å². The molecule has 21 heavy (non-hydrogen) atoms. The smallest absolute Gasteiger partial charge is 0.252 e. The predicted octanol–water partition coefficient (Wildman–Crippen LogP) is 2.53. The Morgan fingerprint density at radius 1 is 1.48 bits per heavy atom. The van der Waals surface area contributed by atoms with Gasteiger partial charge in [-0.05, 0) is 69.6 Å². The first-order valence-corrected chi connectivity index (χ1v) is 9.00. The fraction of sp³-hybridized carbons (Fsp3) is 0.429. The summed E-state index contributed by atoms with van der Waals surface area (Å²) in [4.78, 5) is 15.1. The zero-order valence-electron chi connectivity index (χ0n) is 11.4. The largest absolute Gasteiger partial charge is 0.392 e. The Hall–Kier alpha value is -0.250. The van der Waals surface area contributed by atoms with Gasteiger partial charge in [-0.15, -0.1) is 0 Å². The van der Waals surface area contributed by atoms with Gasteiger partial charge in [-0.3, -0.25) is 9.69 Å². The van der Waals surface area contributed by atoms with Crippen molar-refractivity contribution in [3.05, 3.63) is 31.8 Å². The SMILES string of the molecule is NC(=S)CN1CCC(NC(=O)c2cc(I)ccc2Br)CC1. The second-order valence-electron chi connectivity index (χ2n) is 5.11. The van der Waals surface area contributed by atoms with Crippen LogP contribution < -0.4 is 11.1 Å². The van der Waals surface area contributed by atoms with Crippen molar-refractivity contribution in [2.45, 2.75) is 18.9 Å². The van der Waals surface area contributed by atoms with Crippen LogP contribution in [-0.2, 0) is 0 Å². The average Bonchev–Trinajstić information content (AvgIpc) is 2.43. The minimum Gasteiger partial charge on any atom is -0.392 e. The lowest BCUT2D eigenvalue weighted by atomic mass is 10.0. The van der Waals surface area contributed by atoms with Crippen LogP contribution in [0.2, 0.25) is 0 Å². The summed E-state index contributed by atoms with van der Waals surface area (Å²) < 4.78 is 1.87. The second kappa shape index (κ2) is 7.85. The van der Waals surface area contributed by atoms with Crippen molar-refractivity contribution in [1.82, 2.24) is 10.2 Å². The highest BCUT2D eigenvalue weighted by Crippen LogP contribution is 2.20. The molecule has 1 aromatic carbocycles. The Kier molecular flexibility index (Phi) is 6.39. The minimum atomic E-state index is -0.0202. The summed E-state index contributed by atoms with van der Waals surface area (Å²) in [5.74, 6) is -0.0202. The summed E-state index contributed by atoms with van der Waals surface area (Å²) in [6.07, 6.45) is 1.85. The van der Waals surface area contributed by atoms with Gasteiger partial charge in [0.05, 0.1) is 10.6 Å². The van der Waals surface area contributed by atoms with Crippen LogP contribution in [0, 0.1) is 3.57 Å². The van der Waals surface area contributed by atoms with Crippen molar-refractivity contribution < 1.29 is 4.79 Å². The minimum absolute atomic E-state index is 0.0202. The van der Waals surface area contributed by atoms with Crippen molar-refractivity contribution in [2.24, 2.45) is 5.73 Å². The van der Waals surface area contributed by atoms with E-state index < -0.39 is 0 Å². The van der Waals surface area contributed by atoms with Gasteiger partial charge in [0.2, 0.25) is 0 Å². The van der Waals surface area contributed by atoms with Gasteiger partial charge in [0, 0.05) is 33.7 Å². The molecule has 0 unspecified atom stereocenters. The van der Waals surface area contributed by atoms with Crippen LogP contribution in [0.3, 0.4) is 0 Å². The number of piperidine rings is 1. The van der Waals surface area contributed by atoms with Crippen molar-refractivity contribution >= 4 is 61.6 Å². The van der Waals surface area contributed by atoms with Crippen LogP contribution in [0.5, 0.6) is 0 Å². The van der Waals surface area contributed by atoms with E-state index in [1.807, 2.05) is 18.2 Å². The van der Waals surface area contributed by atoms with Crippen LogP contribution in [0.15, 0.2) is 22.7 Å². The molecule has 3 N–H and O–H groups in total. The number of thiocarbonyl (C=S) groups is 1. The molecule has 114 valence electrons. The first-order chi connectivity index (χ1) is 9.95. The average molecular weight is 482 g/mol. The number of halogens is 2. The van der Waals surface area contributed by atoms with Gasteiger partial charge in [-0.25, -0.2) is 0 Å². The van der Waals surface area contributed by atoms with E-state index >= 15 is 0 Å². The molecular weight excluding hydrogens is 465 g/mol. The lowest BCUT2D eigenvalue weighted by molar-refractivity contribution is 0.0914. The number of amides is 1. The normalized spacial score (nSPS) is 16.7. The number of carbonyl (C=O) groups is 1. The lowest BCUT2D eigenvalue weighted by Gasteiger charge is -2.32. The molecule has 2 rings (SSSR count). The number of rotatable bonds is 4. The fourth-order valence-corrected chi connectivity index (χ4v) is 3.49. The lowest BCUT2D eigenvalue weighted by Crippen LogP contribution is -2.46. The molecule has 7 heteroatoms. The topological polar surface area (TPSA) is 58.4 Å². The Balaban J connectivity index is 1.90. The first-order valence-electron chi connectivity index (χ1n) is 6.72. The fourth-order valence-electron chi connectivity index (χ4n) is 2.39. The molecule has 0 radical (unpaired) electrons. The third kappa shape index (κ3) is 5.15. The third-order valence-electron chi connectivity index (χ3n) is 3.48. The first kappa shape index (κ1) is 17.1. The summed E-state index contributed by atoms with van der Waals surface area (Å²) in [6.45, 7) is 2.49. The summed E-state index contributed by atoms with van der Waals surface area (Å²) in [5, 5.41) is 3.11. The molecule has 1 aromatic rings. The van der Waals surface area contributed by atoms with E-state index in [1.54, 1.807) is 0 Å². The van der Waals surface area contributed by atoms with E-state index in [0.717, 1.165) is 34.0 Å². The van der Waals surface area contributed by atoms with Gasteiger partial charge in [0.1, 0.15) is 0 Å². The number of nitrogens with one attached hydrogen (secondary N) is 1. The molecule has 1 heterocycles. The maximum absolute atomic E-state index is 12.3. The Morgan fingerprint density at radius 3 is 2.76 bits per heavy atom. The summed E-state index contributed by atoms with van der Waals surface area (Å²) >= 11 is 10.6. The molecule has 0 bridgehead atoms. The number of hydrogen-bond donors (Lipinski definition) is 2. The number of hydrogen-bond acceptors (Lipinski definition) is 3. The summed E-state index contributed by atoms with van der Waals surface area (Å²) in [7, 11) is 0. The number of benzene rings is 1. The van der Waals surface area contributed by atoms with Gasteiger partial charge in [0.25, 0.3) is 5.91 Å². The van der Waals surface area contributed by atoms with E-state index in [1.165, 1.54) is 0 Å². The Morgan fingerprint density at radius 2 is 2.14 bits per heavy atom. The molecule has 1 aliphatic rings. The van der Waals surface area contributed by atoms with Crippen LogP contribution in [0.1, 0.15) is 23.2 Å². The maximum Gasteiger partial charge on any atom is 0.252 e. The number of carbonyl (C=O) groups excluding carboxylic acids is 1. The quantitative estimate of drug-likeness (QED) is 0.512. The van der Waals surface area contributed by atoms with Gasteiger partial charge < -0.3 is 11.1 Å². The van der Waals surface area contributed by atoms with Gasteiger partial charge in [-0.2, -0.15) is 0 Å². The molecule has 0 saturated carbocycles. The summed E-state index contributed by atoms with van der Waals surface area (Å²) in [6, 6.07) is 5.98. The zero-order chi connectivity index (χ0) is 15.4. The molecule has 1 fully saturated rings. The highest BCUT2D eigenvalue weighted by atomic mass is 127. The van der Waals surface area contributed by atoms with Gasteiger partial charge >= 0.3 is 0 Å². The van der Waals surface area contributed by atoms with Crippen LogP contribution in [0.25, 0.3) is 0 Å². The molecule has 1 saturated heterocycles. The van der Waals surface area contributed by atoms with Crippen LogP contribution in [-0.4, -0.2) is 41.5 Å². The molecule has 1 amide bonds. The maximum atomic E-state index is 12.3. The van der Waals surface area contributed by atoms with Crippen LogP contribution in [0.4, 0.5) is 0 Å². The zero-order valence-corrected chi connectivity index (χ0v) is 16.0. The third-order valence-corrected chi connectivity index (χ3v) is 4.97. The van der Waals surface area contributed by atoms with Crippen molar-refractivity contribution in [3.63, 3.8) is 0 Å². The second-order valence-corrected chi connectivity index (χ2v) is 7.74. The van der Waals surface area contributed by atoms with E-state index in [-0.39, 0.29) is 11.9 Å². The van der Waals surface area contributed by atoms with Crippen molar-refractivity contribution in [1.29, 1.82) is 0 Å². The highest BCUT2D eigenvalue weighted by molar-refractivity contribution is 14.1. The molecule has 0 aliphatic carbocycles. The van der Waals surface area contributed by atoms with E-state index in [9.17, 15) is 4.79 Å². The molecular formula is C14H17BrIN3OS. The summed E-state index contributed by atoms with van der Waals surface area (Å²) in [5.41, 5.74) is 6.25. The number of likely N-dealkylation sites (tertiary alicyclic amines) is 1. The molecule has 0 atom stereocenters. The number of nitrogens with two attached hydrogens (primary N) is 1. The monoisotopic (exact) mass is 481 g/mol. The Bertz CT molecular complexity index is 547. The van der Waals surface area contributed by atoms with Crippen molar-refractivity contribution in [2.75, 3.05) is 19.6 Å². The molecule has 1 aliphatic heterocycles. The predicted molar refractivity (Wildman–Crippen MR) is 101 cm³/mol. The molecule has 4 nitrogen and oxygen atoms in total. The number of nitrogens with zero attached hydrogens (tertiary/aromatic N) is 1. The van der Waals surface area contributed by atoms with E-state index in [2.05, 4.69) is 48.7 Å². The van der Waals surface area contributed by atoms with E-state index in [4.69, 9.17) is 18.0 Å². The molecule has 0 aromatic heterocycles. The van der Waals surface area contributed by atoms with Crippen LogP contribution >= 0.6 is 50.7 Å². The van der Waals surface area contributed by atoms with E-state index in [0.29, 0.717) is 17.1 Å².